The maximum absolute atomic E-state index is 11.1. The summed E-state index contributed by atoms with van der Waals surface area (Å²) in [6, 6.07) is 0.366. The van der Waals surface area contributed by atoms with E-state index < -0.39 is 0 Å². The summed E-state index contributed by atoms with van der Waals surface area (Å²) in [5, 5.41) is 0.428. The zero-order valence-corrected chi connectivity index (χ0v) is 9.02. The quantitative estimate of drug-likeness (QED) is 0.666. The van der Waals surface area contributed by atoms with Crippen LogP contribution in [0, 0.1) is 0 Å². The van der Waals surface area contributed by atoms with Crippen LogP contribution in [0.15, 0.2) is 0 Å². The normalized spacial score (nSPS) is 12.7. The zero-order valence-electron chi connectivity index (χ0n) is 7.43. The monoisotopic (exact) mass is 221 g/mol. The van der Waals surface area contributed by atoms with E-state index >= 15 is 0 Å². The molecular formula is C8H16BrNO. The van der Waals surface area contributed by atoms with Crippen molar-refractivity contribution >= 4 is 21.8 Å². The summed E-state index contributed by atoms with van der Waals surface area (Å²) in [5.41, 5.74) is 0. The van der Waals surface area contributed by atoms with Crippen molar-refractivity contribution in [2.45, 2.75) is 32.7 Å². The molecule has 1 amide bonds. The first-order valence-electron chi connectivity index (χ1n) is 3.95. The van der Waals surface area contributed by atoms with Gasteiger partial charge in [-0.2, -0.15) is 0 Å². The molecule has 2 nitrogen and oxygen atoms in total. The first kappa shape index (κ1) is 11.0. The molecule has 0 aliphatic heterocycles. The highest BCUT2D eigenvalue weighted by atomic mass is 79.9. The van der Waals surface area contributed by atoms with Gasteiger partial charge in [-0.05, 0) is 13.3 Å². The number of nitrogens with zero attached hydrogens (tertiary/aromatic N) is 1. The van der Waals surface area contributed by atoms with E-state index in [1.807, 2.05) is 7.05 Å². The Kier molecular flexibility index (Phi) is 5.56. The Bertz CT molecular complexity index is 127. The maximum atomic E-state index is 11.1. The van der Waals surface area contributed by atoms with Crippen LogP contribution in [-0.4, -0.2) is 29.2 Å². The number of rotatable bonds is 4. The molecule has 0 saturated heterocycles. The summed E-state index contributed by atoms with van der Waals surface area (Å²) >= 11 is 3.14. The van der Waals surface area contributed by atoms with Gasteiger partial charge in [0.05, 0.1) is 5.33 Å². The van der Waals surface area contributed by atoms with Crippen molar-refractivity contribution in [2.24, 2.45) is 0 Å². The van der Waals surface area contributed by atoms with E-state index in [0.717, 1.165) is 12.8 Å². The van der Waals surface area contributed by atoms with Crippen molar-refractivity contribution in [3.8, 4) is 0 Å². The van der Waals surface area contributed by atoms with Gasteiger partial charge in [0.2, 0.25) is 5.91 Å². The molecule has 0 aromatic carbocycles. The molecule has 0 spiro atoms. The van der Waals surface area contributed by atoms with E-state index in [2.05, 4.69) is 29.8 Å². The molecule has 0 bridgehead atoms. The Hall–Kier alpha value is -0.0500. The van der Waals surface area contributed by atoms with Gasteiger partial charge in [-0.1, -0.05) is 29.3 Å². The highest BCUT2D eigenvalue weighted by Crippen LogP contribution is 2.04. The number of hydrogen-bond donors (Lipinski definition) is 0. The van der Waals surface area contributed by atoms with Gasteiger partial charge >= 0.3 is 0 Å². The third-order valence-electron chi connectivity index (χ3n) is 1.88. The van der Waals surface area contributed by atoms with Crippen LogP contribution in [0.1, 0.15) is 26.7 Å². The van der Waals surface area contributed by atoms with Gasteiger partial charge in [0.15, 0.2) is 0 Å². The molecule has 0 aromatic rings. The fraction of sp³-hybridized carbons (Fsp3) is 0.875. The second-order valence-corrected chi connectivity index (χ2v) is 3.34. The van der Waals surface area contributed by atoms with E-state index in [1.165, 1.54) is 0 Å². The van der Waals surface area contributed by atoms with Crippen LogP contribution in [0.5, 0.6) is 0 Å². The molecule has 11 heavy (non-hydrogen) atoms. The van der Waals surface area contributed by atoms with E-state index in [1.54, 1.807) is 4.90 Å². The number of alkyl halides is 1. The average Bonchev–Trinajstić information content (AvgIpc) is 2.02. The molecular weight excluding hydrogens is 206 g/mol. The summed E-state index contributed by atoms with van der Waals surface area (Å²) in [7, 11) is 1.85. The van der Waals surface area contributed by atoms with Crippen molar-refractivity contribution in [1.29, 1.82) is 0 Å². The van der Waals surface area contributed by atoms with Crippen LogP contribution in [0.2, 0.25) is 0 Å². The lowest BCUT2D eigenvalue weighted by molar-refractivity contribution is -0.128. The van der Waals surface area contributed by atoms with Crippen molar-refractivity contribution in [2.75, 3.05) is 12.4 Å². The van der Waals surface area contributed by atoms with Crippen molar-refractivity contribution in [1.82, 2.24) is 4.90 Å². The molecule has 0 rings (SSSR count). The molecule has 66 valence electrons. The van der Waals surface area contributed by atoms with Crippen LogP contribution in [-0.2, 0) is 4.79 Å². The summed E-state index contributed by atoms with van der Waals surface area (Å²) in [4.78, 5) is 12.9. The van der Waals surface area contributed by atoms with Crippen molar-refractivity contribution < 1.29 is 4.79 Å². The maximum Gasteiger partial charge on any atom is 0.233 e. The summed E-state index contributed by atoms with van der Waals surface area (Å²) in [6.45, 7) is 4.20. The molecule has 0 aliphatic rings. The third kappa shape index (κ3) is 3.75. The summed E-state index contributed by atoms with van der Waals surface area (Å²) in [5.74, 6) is 0.158. The number of hydrogen-bond acceptors (Lipinski definition) is 1. The molecule has 1 unspecified atom stereocenters. The van der Waals surface area contributed by atoms with Gasteiger partial charge in [0.1, 0.15) is 0 Å². The highest BCUT2D eigenvalue weighted by Gasteiger charge is 2.12. The Morgan fingerprint density at radius 2 is 2.18 bits per heavy atom. The first-order valence-corrected chi connectivity index (χ1v) is 5.07. The van der Waals surface area contributed by atoms with E-state index in [4.69, 9.17) is 0 Å². The Labute approximate surface area is 77.1 Å². The minimum absolute atomic E-state index is 0.158. The van der Waals surface area contributed by atoms with Gasteiger partial charge in [-0.15, -0.1) is 0 Å². The predicted octanol–water partition coefficient (Wildman–Crippen LogP) is 2.03. The van der Waals surface area contributed by atoms with Gasteiger partial charge < -0.3 is 4.90 Å². The minimum Gasteiger partial charge on any atom is -0.342 e. The predicted molar refractivity (Wildman–Crippen MR) is 50.9 cm³/mol. The van der Waals surface area contributed by atoms with Crippen molar-refractivity contribution in [3.63, 3.8) is 0 Å². The SMILES string of the molecule is CCCC(C)N(C)C(=O)CBr. The molecule has 3 heteroatoms. The Morgan fingerprint density at radius 1 is 1.64 bits per heavy atom. The lowest BCUT2D eigenvalue weighted by Crippen LogP contribution is -2.35. The number of carbonyl (C=O) groups excluding carboxylic acids is 1. The molecule has 0 saturated carbocycles. The number of halogens is 1. The van der Waals surface area contributed by atoms with Crippen LogP contribution in [0.4, 0.5) is 0 Å². The standard InChI is InChI=1S/C8H16BrNO/c1-4-5-7(2)10(3)8(11)6-9/h7H,4-6H2,1-3H3. The van der Waals surface area contributed by atoms with Crippen LogP contribution in [0.3, 0.4) is 0 Å². The fourth-order valence-corrected chi connectivity index (χ4v) is 1.35. The van der Waals surface area contributed by atoms with E-state index in [0.29, 0.717) is 11.4 Å². The Balaban J connectivity index is 3.80. The second kappa shape index (κ2) is 5.58. The van der Waals surface area contributed by atoms with Gasteiger partial charge in [-0.3, -0.25) is 4.79 Å². The largest absolute Gasteiger partial charge is 0.342 e. The third-order valence-corrected chi connectivity index (χ3v) is 2.36. The average molecular weight is 222 g/mol. The summed E-state index contributed by atoms with van der Waals surface area (Å²) < 4.78 is 0. The van der Waals surface area contributed by atoms with Crippen LogP contribution in [0.25, 0.3) is 0 Å². The molecule has 0 fully saturated rings. The van der Waals surface area contributed by atoms with Crippen LogP contribution < -0.4 is 0 Å². The molecule has 0 heterocycles. The molecule has 1 atom stereocenters. The molecule has 0 radical (unpaired) electrons. The topological polar surface area (TPSA) is 20.3 Å². The lowest BCUT2D eigenvalue weighted by atomic mass is 10.2. The Morgan fingerprint density at radius 3 is 2.55 bits per heavy atom. The highest BCUT2D eigenvalue weighted by molar-refractivity contribution is 9.09. The minimum atomic E-state index is 0.158. The second-order valence-electron chi connectivity index (χ2n) is 2.78. The van der Waals surface area contributed by atoms with Gasteiger partial charge in [0, 0.05) is 13.1 Å². The van der Waals surface area contributed by atoms with Gasteiger partial charge in [-0.25, -0.2) is 0 Å². The molecule has 0 N–H and O–H groups in total. The summed E-state index contributed by atoms with van der Waals surface area (Å²) in [6.07, 6.45) is 2.20. The first-order chi connectivity index (χ1) is 5.13. The number of carbonyl (C=O) groups is 1. The van der Waals surface area contributed by atoms with E-state index in [9.17, 15) is 4.79 Å². The lowest BCUT2D eigenvalue weighted by Gasteiger charge is -2.23. The van der Waals surface area contributed by atoms with E-state index in [-0.39, 0.29) is 5.91 Å². The smallest absolute Gasteiger partial charge is 0.233 e. The molecule has 0 aromatic heterocycles. The van der Waals surface area contributed by atoms with Gasteiger partial charge in [0.25, 0.3) is 0 Å². The zero-order chi connectivity index (χ0) is 8.85. The fourth-order valence-electron chi connectivity index (χ4n) is 0.951. The van der Waals surface area contributed by atoms with Crippen molar-refractivity contribution in [3.05, 3.63) is 0 Å². The van der Waals surface area contributed by atoms with Crippen LogP contribution >= 0.6 is 15.9 Å². The molecule has 0 aliphatic carbocycles. The number of amides is 1.